The van der Waals surface area contributed by atoms with E-state index in [0.29, 0.717) is 23.6 Å². The van der Waals surface area contributed by atoms with Gasteiger partial charge in [0.15, 0.2) is 5.16 Å². The lowest BCUT2D eigenvalue weighted by atomic mass is 10.1. The molecule has 1 aliphatic rings. The molecule has 1 atom stereocenters. The van der Waals surface area contributed by atoms with E-state index in [4.69, 9.17) is 4.74 Å². The second-order valence-corrected chi connectivity index (χ2v) is 5.48. The van der Waals surface area contributed by atoms with Crippen LogP contribution in [-0.4, -0.2) is 40.0 Å². The summed E-state index contributed by atoms with van der Waals surface area (Å²) < 4.78 is 6.94. The first-order valence-electron chi connectivity index (χ1n) is 6.60. The largest absolute Gasteiger partial charge is 0.463 e. The minimum absolute atomic E-state index is 0.294. The van der Waals surface area contributed by atoms with E-state index < -0.39 is 5.97 Å². The van der Waals surface area contributed by atoms with Gasteiger partial charge < -0.3 is 19.9 Å². The molecule has 0 fully saturated rings. The van der Waals surface area contributed by atoms with E-state index in [9.17, 15) is 9.59 Å². The molecule has 0 aliphatic carbocycles. The lowest BCUT2D eigenvalue weighted by molar-refractivity contribution is -0.138. The Morgan fingerprint density at radius 3 is 2.95 bits per heavy atom. The van der Waals surface area contributed by atoms with E-state index in [1.165, 1.54) is 11.8 Å². The number of ether oxygens (including phenoxy) is 1. The van der Waals surface area contributed by atoms with Gasteiger partial charge in [-0.05, 0) is 13.8 Å². The highest BCUT2D eigenvalue weighted by Crippen LogP contribution is 2.22. The van der Waals surface area contributed by atoms with E-state index >= 15 is 0 Å². The third kappa shape index (κ3) is 3.57. The molecule has 114 valence electrons. The smallest absolute Gasteiger partial charge is 0.337 e. The molecule has 7 nitrogen and oxygen atoms in total. The van der Waals surface area contributed by atoms with Gasteiger partial charge in [-0.15, -0.1) is 0 Å². The zero-order valence-electron chi connectivity index (χ0n) is 12.2. The highest BCUT2D eigenvalue weighted by molar-refractivity contribution is 7.99. The van der Waals surface area contributed by atoms with Crippen LogP contribution in [-0.2, 0) is 16.6 Å². The molecule has 0 saturated carbocycles. The molecule has 1 aliphatic heterocycles. The van der Waals surface area contributed by atoms with Gasteiger partial charge in [-0.2, -0.15) is 0 Å². The van der Waals surface area contributed by atoms with Gasteiger partial charge in [-0.1, -0.05) is 11.8 Å². The summed E-state index contributed by atoms with van der Waals surface area (Å²) in [5.41, 5.74) is 1.02. The van der Waals surface area contributed by atoms with Crippen molar-refractivity contribution < 1.29 is 14.3 Å². The van der Waals surface area contributed by atoms with E-state index in [2.05, 4.69) is 15.6 Å². The minimum atomic E-state index is -0.409. The molecule has 1 unspecified atom stereocenters. The summed E-state index contributed by atoms with van der Waals surface area (Å²) in [6, 6.07) is -0.694. The molecule has 1 aromatic heterocycles. The molecule has 2 heterocycles. The topological polar surface area (TPSA) is 85.2 Å². The van der Waals surface area contributed by atoms with Crippen molar-refractivity contribution in [2.24, 2.45) is 7.05 Å². The van der Waals surface area contributed by atoms with E-state index in [1.807, 2.05) is 17.8 Å². The van der Waals surface area contributed by atoms with Gasteiger partial charge in [0.2, 0.25) is 0 Å². The molecule has 0 radical (unpaired) electrons. The summed E-state index contributed by atoms with van der Waals surface area (Å²) in [5.74, 6) is 0.0319. The molecule has 8 heteroatoms. The lowest BCUT2D eigenvalue weighted by Crippen LogP contribution is -2.49. The summed E-state index contributed by atoms with van der Waals surface area (Å²) in [7, 11) is 1.89. The summed E-state index contributed by atoms with van der Waals surface area (Å²) in [5, 5.41) is 6.16. The van der Waals surface area contributed by atoms with E-state index in [0.717, 1.165) is 5.16 Å². The number of carbonyl (C=O) groups is 2. The standard InChI is InChI=1S/C13H18N4O3S/c1-4-20-11(18)10-8(2)15-12(19)16-9(10)7-21-13-14-5-6-17(13)3/h5-6,8H,4,7H2,1-3H3,(H2,15,16,19). The van der Waals surface area contributed by atoms with Crippen LogP contribution >= 0.6 is 11.8 Å². The van der Waals surface area contributed by atoms with Crippen LogP contribution in [0.2, 0.25) is 0 Å². The fraction of sp³-hybridized carbons (Fsp3) is 0.462. The third-order valence-corrected chi connectivity index (χ3v) is 4.07. The second-order valence-electron chi connectivity index (χ2n) is 4.54. The van der Waals surface area contributed by atoms with Crippen molar-refractivity contribution >= 4 is 23.8 Å². The van der Waals surface area contributed by atoms with Crippen molar-refractivity contribution in [1.29, 1.82) is 0 Å². The Labute approximate surface area is 127 Å². The summed E-state index contributed by atoms with van der Waals surface area (Å²) in [6.07, 6.45) is 3.54. The number of rotatable bonds is 5. The van der Waals surface area contributed by atoms with Gasteiger partial charge in [0.1, 0.15) is 0 Å². The summed E-state index contributed by atoms with van der Waals surface area (Å²) >= 11 is 1.45. The highest BCUT2D eigenvalue weighted by atomic mass is 32.2. The Kier molecular flexibility index (Phi) is 4.89. The maximum Gasteiger partial charge on any atom is 0.337 e. The number of nitrogens with one attached hydrogen (secondary N) is 2. The average molecular weight is 310 g/mol. The number of thioether (sulfide) groups is 1. The Bertz CT molecular complexity index is 582. The molecule has 1 aromatic rings. The maximum atomic E-state index is 12.1. The summed E-state index contributed by atoms with van der Waals surface area (Å²) in [4.78, 5) is 27.9. The minimum Gasteiger partial charge on any atom is -0.463 e. The SMILES string of the molecule is CCOC(=O)C1=C(CSc2nccn2C)NC(=O)NC1C. The number of hydrogen-bond donors (Lipinski definition) is 2. The molecule has 2 rings (SSSR count). The number of amides is 2. The van der Waals surface area contributed by atoms with Crippen LogP contribution in [0.25, 0.3) is 0 Å². The van der Waals surface area contributed by atoms with E-state index in [1.54, 1.807) is 20.0 Å². The molecule has 21 heavy (non-hydrogen) atoms. The zero-order chi connectivity index (χ0) is 15.4. The first kappa shape index (κ1) is 15.4. The molecule has 0 saturated heterocycles. The zero-order valence-corrected chi connectivity index (χ0v) is 13.0. The van der Waals surface area contributed by atoms with Crippen molar-refractivity contribution in [3.63, 3.8) is 0 Å². The van der Waals surface area contributed by atoms with Crippen molar-refractivity contribution in [2.75, 3.05) is 12.4 Å². The van der Waals surface area contributed by atoms with Crippen LogP contribution in [0.5, 0.6) is 0 Å². The molecular weight excluding hydrogens is 292 g/mol. The fourth-order valence-electron chi connectivity index (χ4n) is 2.02. The van der Waals surface area contributed by atoms with Gasteiger partial charge >= 0.3 is 12.0 Å². The van der Waals surface area contributed by atoms with Crippen LogP contribution in [0.15, 0.2) is 28.8 Å². The first-order chi connectivity index (χ1) is 10.0. The van der Waals surface area contributed by atoms with Crippen molar-refractivity contribution in [1.82, 2.24) is 20.2 Å². The Morgan fingerprint density at radius 1 is 1.57 bits per heavy atom. The second kappa shape index (κ2) is 6.66. The number of aryl methyl sites for hydroxylation is 1. The van der Waals surface area contributed by atoms with Crippen LogP contribution in [0, 0.1) is 0 Å². The Morgan fingerprint density at radius 2 is 2.33 bits per heavy atom. The van der Waals surface area contributed by atoms with Gasteiger partial charge in [-0.25, -0.2) is 14.6 Å². The predicted molar refractivity (Wildman–Crippen MR) is 78.7 cm³/mol. The normalized spacial score (nSPS) is 18.2. The van der Waals surface area contributed by atoms with Gasteiger partial charge in [0.25, 0.3) is 0 Å². The molecule has 0 bridgehead atoms. The molecular formula is C13H18N4O3S. The number of esters is 1. The van der Waals surface area contributed by atoms with Crippen molar-refractivity contribution in [3.05, 3.63) is 23.7 Å². The lowest BCUT2D eigenvalue weighted by Gasteiger charge is -2.26. The first-order valence-corrected chi connectivity index (χ1v) is 7.59. The van der Waals surface area contributed by atoms with E-state index in [-0.39, 0.29) is 12.1 Å². The average Bonchev–Trinajstić information content (AvgIpc) is 2.81. The van der Waals surface area contributed by atoms with Gasteiger partial charge in [0.05, 0.1) is 18.2 Å². The van der Waals surface area contributed by atoms with Crippen LogP contribution in [0.4, 0.5) is 4.79 Å². The Balaban J connectivity index is 2.20. The van der Waals surface area contributed by atoms with Crippen LogP contribution < -0.4 is 10.6 Å². The van der Waals surface area contributed by atoms with Crippen LogP contribution in [0.1, 0.15) is 13.8 Å². The van der Waals surface area contributed by atoms with Gasteiger partial charge in [-0.3, -0.25) is 0 Å². The maximum absolute atomic E-state index is 12.1. The third-order valence-electron chi connectivity index (χ3n) is 2.99. The van der Waals surface area contributed by atoms with Crippen LogP contribution in [0.3, 0.4) is 0 Å². The summed E-state index contributed by atoms with van der Waals surface area (Å²) in [6.45, 7) is 3.81. The monoisotopic (exact) mass is 310 g/mol. The molecule has 0 spiro atoms. The number of urea groups is 1. The van der Waals surface area contributed by atoms with Crippen molar-refractivity contribution in [3.8, 4) is 0 Å². The number of hydrogen-bond acceptors (Lipinski definition) is 5. The number of nitrogens with zero attached hydrogens (tertiary/aromatic N) is 2. The quantitative estimate of drug-likeness (QED) is 0.627. The van der Waals surface area contributed by atoms with Gasteiger partial charge in [0, 0.05) is 30.9 Å². The number of imidazole rings is 1. The predicted octanol–water partition coefficient (Wildman–Crippen LogP) is 1.03. The molecule has 2 N–H and O–H groups in total. The fourth-order valence-corrected chi connectivity index (χ4v) is 2.92. The number of carbonyl (C=O) groups excluding carboxylic acids is 2. The van der Waals surface area contributed by atoms with Crippen molar-refractivity contribution in [2.45, 2.75) is 25.0 Å². The highest BCUT2D eigenvalue weighted by Gasteiger charge is 2.29. The molecule has 2 amide bonds. The molecule has 0 aromatic carbocycles. The Hall–Kier alpha value is -1.96. The number of aromatic nitrogens is 2.